The molecule has 1 aromatic heterocycles. The van der Waals surface area contributed by atoms with Crippen molar-refractivity contribution in [3.05, 3.63) is 64.9 Å². The van der Waals surface area contributed by atoms with E-state index in [2.05, 4.69) is 26.2 Å². The maximum absolute atomic E-state index is 12.3. The van der Waals surface area contributed by atoms with E-state index in [0.717, 1.165) is 10.8 Å². The molecule has 21 heavy (non-hydrogen) atoms. The highest BCUT2D eigenvalue weighted by Gasteiger charge is 2.12. The molecule has 1 heterocycles. The van der Waals surface area contributed by atoms with Crippen LogP contribution in [0.1, 0.15) is 10.4 Å². The minimum Gasteiger partial charge on any atom is -0.507 e. The Morgan fingerprint density at radius 1 is 1.19 bits per heavy atom. The summed E-state index contributed by atoms with van der Waals surface area (Å²) in [5.41, 5.74) is 0.909. The van der Waals surface area contributed by atoms with Gasteiger partial charge in [-0.05, 0) is 30.3 Å². The van der Waals surface area contributed by atoms with E-state index in [1.807, 2.05) is 24.3 Å². The third-order valence-electron chi connectivity index (χ3n) is 3.13. The number of benzene rings is 2. The van der Waals surface area contributed by atoms with Crippen LogP contribution in [0, 0.1) is 0 Å². The highest BCUT2D eigenvalue weighted by molar-refractivity contribution is 9.10. The van der Waals surface area contributed by atoms with Crippen LogP contribution in [0.15, 0.2) is 59.3 Å². The van der Waals surface area contributed by atoms with Crippen LogP contribution in [0.3, 0.4) is 0 Å². The van der Waals surface area contributed by atoms with Crippen LogP contribution in [0.4, 0.5) is 5.69 Å². The highest BCUT2D eigenvalue weighted by Crippen LogP contribution is 2.26. The predicted molar refractivity (Wildman–Crippen MR) is 85.5 cm³/mol. The van der Waals surface area contributed by atoms with Crippen molar-refractivity contribution in [3.8, 4) is 5.75 Å². The first kappa shape index (κ1) is 13.6. The normalized spacial score (nSPS) is 10.5. The largest absolute Gasteiger partial charge is 0.507 e. The molecule has 0 unspecified atom stereocenters. The Labute approximate surface area is 129 Å². The molecule has 1 amide bonds. The number of hydrogen-bond acceptors (Lipinski definition) is 3. The second kappa shape index (κ2) is 5.54. The first-order valence-electron chi connectivity index (χ1n) is 6.28. The van der Waals surface area contributed by atoms with Gasteiger partial charge in [0.2, 0.25) is 0 Å². The van der Waals surface area contributed by atoms with Gasteiger partial charge in [0.15, 0.2) is 0 Å². The van der Waals surface area contributed by atoms with E-state index < -0.39 is 0 Å². The van der Waals surface area contributed by atoms with Crippen LogP contribution < -0.4 is 5.32 Å². The second-order valence-corrected chi connectivity index (χ2v) is 5.43. The van der Waals surface area contributed by atoms with Crippen LogP contribution in [-0.4, -0.2) is 16.0 Å². The number of anilines is 1. The summed E-state index contributed by atoms with van der Waals surface area (Å²) in [6.07, 6.45) is 3.41. The van der Waals surface area contributed by atoms with Gasteiger partial charge in [-0.2, -0.15) is 0 Å². The first-order valence-corrected chi connectivity index (χ1v) is 7.07. The van der Waals surface area contributed by atoms with Crippen molar-refractivity contribution in [2.75, 3.05) is 5.32 Å². The maximum atomic E-state index is 12.3. The van der Waals surface area contributed by atoms with Crippen molar-refractivity contribution in [2.24, 2.45) is 0 Å². The van der Waals surface area contributed by atoms with Gasteiger partial charge in [0, 0.05) is 33.3 Å². The number of carbonyl (C=O) groups excluding carboxylic acids is 1. The molecular formula is C16H11BrN2O2. The Balaban J connectivity index is 1.97. The molecule has 0 aliphatic rings. The van der Waals surface area contributed by atoms with E-state index in [1.54, 1.807) is 24.5 Å². The molecule has 2 aromatic carbocycles. The van der Waals surface area contributed by atoms with Gasteiger partial charge in [-0.3, -0.25) is 9.78 Å². The van der Waals surface area contributed by atoms with Crippen molar-refractivity contribution in [2.45, 2.75) is 0 Å². The Hall–Kier alpha value is -2.40. The number of fused-ring (bicyclic) bond motifs is 1. The number of rotatable bonds is 2. The van der Waals surface area contributed by atoms with Crippen LogP contribution in [0.25, 0.3) is 10.8 Å². The molecule has 0 saturated heterocycles. The van der Waals surface area contributed by atoms with Crippen molar-refractivity contribution in [3.63, 3.8) is 0 Å². The Kier molecular flexibility index (Phi) is 3.58. The van der Waals surface area contributed by atoms with E-state index in [1.165, 1.54) is 6.07 Å². The van der Waals surface area contributed by atoms with Crippen LogP contribution in [-0.2, 0) is 0 Å². The molecule has 0 aliphatic carbocycles. The number of phenols is 1. The maximum Gasteiger partial charge on any atom is 0.259 e. The number of halogens is 1. The fourth-order valence-electron chi connectivity index (χ4n) is 2.12. The average molecular weight is 343 g/mol. The lowest BCUT2D eigenvalue weighted by molar-refractivity contribution is 0.102. The molecule has 3 aromatic rings. The molecule has 5 heteroatoms. The molecule has 0 bridgehead atoms. The van der Waals surface area contributed by atoms with Gasteiger partial charge in [0.05, 0.1) is 5.56 Å². The molecule has 0 radical (unpaired) electrons. The Morgan fingerprint density at radius 2 is 2.05 bits per heavy atom. The summed E-state index contributed by atoms with van der Waals surface area (Å²) in [5.74, 6) is -0.423. The fourth-order valence-corrected chi connectivity index (χ4v) is 2.47. The van der Waals surface area contributed by atoms with E-state index in [4.69, 9.17) is 0 Å². The Bertz CT molecular complexity index is 828. The van der Waals surface area contributed by atoms with E-state index in [-0.39, 0.29) is 17.2 Å². The second-order valence-electron chi connectivity index (χ2n) is 4.52. The number of phenolic OH excluding ortho intramolecular Hbond substituents is 1. The molecule has 0 spiro atoms. The average Bonchev–Trinajstić information content (AvgIpc) is 2.47. The number of nitrogens with one attached hydrogen (secondary N) is 1. The third kappa shape index (κ3) is 2.73. The summed E-state index contributed by atoms with van der Waals surface area (Å²) in [7, 11) is 0. The summed E-state index contributed by atoms with van der Waals surface area (Å²) in [6.45, 7) is 0. The zero-order chi connectivity index (χ0) is 14.8. The van der Waals surface area contributed by atoms with Crippen molar-refractivity contribution in [1.82, 2.24) is 4.98 Å². The zero-order valence-corrected chi connectivity index (χ0v) is 12.5. The predicted octanol–water partition coefficient (Wildman–Crippen LogP) is 3.96. The number of pyridine rings is 1. The van der Waals surface area contributed by atoms with Gasteiger partial charge in [0.25, 0.3) is 5.91 Å². The third-order valence-corrected chi connectivity index (χ3v) is 3.63. The van der Waals surface area contributed by atoms with Crippen molar-refractivity contribution >= 4 is 38.3 Å². The van der Waals surface area contributed by atoms with Gasteiger partial charge in [-0.1, -0.05) is 28.1 Å². The monoisotopic (exact) mass is 342 g/mol. The number of aromatic nitrogens is 1. The molecule has 0 atom stereocenters. The zero-order valence-electron chi connectivity index (χ0n) is 10.9. The van der Waals surface area contributed by atoms with Crippen molar-refractivity contribution in [1.29, 1.82) is 0 Å². The summed E-state index contributed by atoms with van der Waals surface area (Å²) >= 11 is 3.25. The topological polar surface area (TPSA) is 62.2 Å². The molecule has 3 rings (SSSR count). The Morgan fingerprint density at radius 3 is 2.86 bits per heavy atom. The molecule has 0 saturated carbocycles. The van der Waals surface area contributed by atoms with E-state index in [0.29, 0.717) is 10.2 Å². The number of nitrogens with zero attached hydrogens (tertiary/aromatic N) is 1. The molecule has 0 fully saturated rings. The van der Waals surface area contributed by atoms with Gasteiger partial charge in [0.1, 0.15) is 5.75 Å². The molecule has 104 valence electrons. The lowest BCUT2D eigenvalue weighted by Gasteiger charge is -2.09. The standard InChI is InChI=1S/C16H11BrN2O2/c17-11-4-5-13(15(20)8-11)16(21)19-14-3-1-2-10-9-18-7-6-12(10)14/h1-9,20H,(H,19,21). The molecule has 2 N–H and O–H groups in total. The SMILES string of the molecule is O=C(Nc1cccc2cnccc12)c1ccc(Br)cc1O. The number of hydrogen-bond donors (Lipinski definition) is 2. The van der Waals surface area contributed by atoms with Crippen LogP contribution in [0.5, 0.6) is 5.75 Å². The van der Waals surface area contributed by atoms with E-state index >= 15 is 0 Å². The fraction of sp³-hybridized carbons (Fsp3) is 0. The molecule has 4 nitrogen and oxygen atoms in total. The summed E-state index contributed by atoms with van der Waals surface area (Å²) in [5, 5.41) is 14.5. The van der Waals surface area contributed by atoms with Gasteiger partial charge in [-0.25, -0.2) is 0 Å². The number of amides is 1. The van der Waals surface area contributed by atoms with Gasteiger partial charge >= 0.3 is 0 Å². The van der Waals surface area contributed by atoms with Crippen molar-refractivity contribution < 1.29 is 9.90 Å². The first-order chi connectivity index (χ1) is 10.1. The van der Waals surface area contributed by atoms with E-state index in [9.17, 15) is 9.90 Å². The summed E-state index contributed by atoms with van der Waals surface area (Å²) in [4.78, 5) is 16.3. The number of carbonyl (C=O) groups is 1. The number of aromatic hydroxyl groups is 1. The minimum atomic E-state index is -0.357. The van der Waals surface area contributed by atoms with Crippen LogP contribution in [0.2, 0.25) is 0 Å². The highest BCUT2D eigenvalue weighted by atomic mass is 79.9. The van der Waals surface area contributed by atoms with Crippen LogP contribution >= 0.6 is 15.9 Å². The lowest BCUT2D eigenvalue weighted by Crippen LogP contribution is -2.12. The quantitative estimate of drug-likeness (QED) is 0.741. The molecule has 0 aliphatic heterocycles. The lowest BCUT2D eigenvalue weighted by atomic mass is 10.1. The summed E-state index contributed by atoms with van der Waals surface area (Å²) in [6, 6.07) is 12.2. The smallest absolute Gasteiger partial charge is 0.259 e. The molecular weight excluding hydrogens is 332 g/mol. The van der Waals surface area contributed by atoms with Gasteiger partial charge < -0.3 is 10.4 Å². The summed E-state index contributed by atoms with van der Waals surface area (Å²) < 4.78 is 0.716. The minimum absolute atomic E-state index is 0.0659. The van der Waals surface area contributed by atoms with Gasteiger partial charge in [-0.15, -0.1) is 0 Å².